The summed E-state index contributed by atoms with van der Waals surface area (Å²) >= 11 is 0. The molecule has 0 heterocycles. The molecule has 2 aromatic carbocycles. The Bertz CT molecular complexity index is 745. The van der Waals surface area contributed by atoms with E-state index in [0.717, 1.165) is 30.1 Å². The zero-order valence-corrected chi connectivity index (χ0v) is 14.5. The smallest absolute Gasteiger partial charge is 0.150 e. The Morgan fingerprint density at radius 1 is 1.08 bits per heavy atom. The monoisotopic (exact) mass is 318 g/mol. The summed E-state index contributed by atoms with van der Waals surface area (Å²) in [7, 11) is 0. The van der Waals surface area contributed by atoms with E-state index in [1.54, 1.807) is 0 Å². The number of hydrogen-bond acceptors (Lipinski definition) is 1. The molecule has 1 nitrogen and oxygen atoms in total. The van der Waals surface area contributed by atoms with Crippen molar-refractivity contribution in [3.63, 3.8) is 0 Å². The van der Waals surface area contributed by atoms with Crippen molar-refractivity contribution in [2.24, 2.45) is 11.8 Å². The molecule has 0 aromatic heterocycles. The fourth-order valence-electron chi connectivity index (χ4n) is 5.15. The third kappa shape index (κ3) is 2.92. The SMILES string of the molecule is Cc1cccc(CC2CCc3ccc(C=O)cc3C3CCCC23)c1. The molecule has 0 aliphatic heterocycles. The van der Waals surface area contributed by atoms with Gasteiger partial charge in [-0.15, -0.1) is 0 Å². The average molecular weight is 318 g/mol. The zero-order chi connectivity index (χ0) is 16.5. The van der Waals surface area contributed by atoms with Crippen LogP contribution in [0.5, 0.6) is 0 Å². The van der Waals surface area contributed by atoms with Crippen molar-refractivity contribution in [1.29, 1.82) is 0 Å². The van der Waals surface area contributed by atoms with Crippen LogP contribution in [0.2, 0.25) is 0 Å². The first-order chi connectivity index (χ1) is 11.7. The van der Waals surface area contributed by atoms with E-state index in [4.69, 9.17) is 0 Å². The predicted octanol–water partition coefficient (Wildman–Crippen LogP) is 5.50. The van der Waals surface area contributed by atoms with E-state index in [0.29, 0.717) is 5.92 Å². The molecule has 124 valence electrons. The maximum Gasteiger partial charge on any atom is 0.150 e. The number of rotatable bonds is 3. The van der Waals surface area contributed by atoms with Gasteiger partial charge in [0.25, 0.3) is 0 Å². The summed E-state index contributed by atoms with van der Waals surface area (Å²) in [5, 5.41) is 0. The molecule has 0 N–H and O–H groups in total. The van der Waals surface area contributed by atoms with Crippen LogP contribution >= 0.6 is 0 Å². The minimum atomic E-state index is 0.664. The van der Waals surface area contributed by atoms with Gasteiger partial charge in [0.1, 0.15) is 6.29 Å². The molecule has 0 saturated heterocycles. The fraction of sp³-hybridized carbons (Fsp3) is 0.435. The van der Waals surface area contributed by atoms with Crippen LogP contribution in [-0.2, 0) is 12.8 Å². The van der Waals surface area contributed by atoms with E-state index in [1.807, 2.05) is 6.07 Å². The number of carbonyl (C=O) groups excluding carboxylic acids is 1. The van der Waals surface area contributed by atoms with Crippen LogP contribution in [-0.4, -0.2) is 6.29 Å². The van der Waals surface area contributed by atoms with Crippen LogP contribution in [0.25, 0.3) is 0 Å². The highest BCUT2D eigenvalue weighted by Crippen LogP contribution is 2.49. The first-order valence-corrected chi connectivity index (χ1v) is 9.38. The topological polar surface area (TPSA) is 17.1 Å². The summed E-state index contributed by atoms with van der Waals surface area (Å²) in [6, 6.07) is 15.4. The van der Waals surface area contributed by atoms with Gasteiger partial charge in [-0.3, -0.25) is 4.79 Å². The van der Waals surface area contributed by atoms with Crippen molar-refractivity contribution in [2.45, 2.75) is 51.4 Å². The Labute approximate surface area is 145 Å². The van der Waals surface area contributed by atoms with Crippen LogP contribution in [0.4, 0.5) is 0 Å². The molecular formula is C23H26O. The molecule has 2 aromatic rings. The lowest BCUT2D eigenvalue weighted by Gasteiger charge is -2.27. The highest BCUT2D eigenvalue weighted by Gasteiger charge is 2.37. The van der Waals surface area contributed by atoms with Gasteiger partial charge in [0.2, 0.25) is 0 Å². The van der Waals surface area contributed by atoms with Crippen molar-refractivity contribution in [3.05, 3.63) is 70.3 Å². The molecule has 24 heavy (non-hydrogen) atoms. The summed E-state index contributed by atoms with van der Waals surface area (Å²) < 4.78 is 0. The summed E-state index contributed by atoms with van der Waals surface area (Å²) in [6.07, 6.45) is 8.64. The molecule has 1 saturated carbocycles. The van der Waals surface area contributed by atoms with Crippen molar-refractivity contribution < 1.29 is 4.79 Å². The number of fused-ring (bicyclic) bond motifs is 3. The van der Waals surface area contributed by atoms with Gasteiger partial charge in [0.05, 0.1) is 0 Å². The van der Waals surface area contributed by atoms with Crippen molar-refractivity contribution >= 4 is 6.29 Å². The zero-order valence-electron chi connectivity index (χ0n) is 14.5. The van der Waals surface area contributed by atoms with Crippen molar-refractivity contribution in [2.75, 3.05) is 0 Å². The van der Waals surface area contributed by atoms with Crippen molar-refractivity contribution in [3.8, 4) is 0 Å². The summed E-state index contributed by atoms with van der Waals surface area (Å²) in [5.41, 5.74) is 6.67. The molecule has 1 fully saturated rings. The van der Waals surface area contributed by atoms with Crippen molar-refractivity contribution in [1.82, 2.24) is 0 Å². The van der Waals surface area contributed by atoms with Crippen LogP contribution < -0.4 is 0 Å². The van der Waals surface area contributed by atoms with Gasteiger partial charge in [0, 0.05) is 5.56 Å². The Morgan fingerprint density at radius 2 is 2.00 bits per heavy atom. The van der Waals surface area contributed by atoms with E-state index in [1.165, 1.54) is 54.4 Å². The largest absolute Gasteiger partial charge is 0.298 e. The lowest BCUT2D eigenvalue weighted by Crippen LogP contribution is -2.18. The molecule has 0 radical (unpaired) electrons. The van der Waals surface area contributed by atoms with Gasteiger partial charge >= 0.3 is 0 Å². The number of benzene rings is 2. The second-order valence-electron chi connectivity index (χ2n) is 7.77. The highest BCUT2D eigenvalue weighted by atomic mass is 16.1. The third-order valence-electron chi connectivity index (χ3n) is 6.25. The Kier molecular flexibility index (Phi) is 4.26. The normalized spacial score (nSPS) is 25.6. The minimum absolute atomic E-state index is 0.664. The fourth-order valence-corrected chi connectivity index (χ4v) is 5.15. The first kappa shape index (κ1) is 15.6. The van der Waals surface area contributed by atoms with Crippen LogP contribution in [0.3, 0.4) is 0 Å². The summed E-state index contributed by atoms with van der Waals surface area (Å²) in [4.78, 5) is 11.2. The molecule has 0 spiro atoms. The van der Waals surface area contributed by atoms with E-state index in [2.05, 4.69) is 43.3 Å². The maximum atomic E-state index is 11.2. The number of carbonyl (C=O) groups is 1. The second kappa shape index (κ2) is 6.55. The molecule has 0 amide bonds. The lowest BCUT2D eigenvalue weighted by atomic mass is 9.78. The molecule has 3 unspecified atom stereocenters. The lowest BCUT2D eigenvalue weighted by molar-refractivity contribution is 0.112. The summed E-state index contributed by atoms with van der Waals surface area (Å²) in [6.45, 7) is 2.19. The first-order valence-electron chi connectivity index (χ1n) is 9.38. The van der Waals surface area contributed by atoms with Crippen LogP contribution in [0, 0.1) is 18.8 Å². The predicted molar refractivity (Wildman–Crippen MR) is 98.6 cm³/mol. The quantitative estimate of drug-likeness (QED) is 0.683. The Balaban J connectivity index is 1.64. The van der Waals surface area contributed by atoms with Gasteiger partial charge < -0.3 is 0 Å². The molecule has 3 atom stereocenters. The Hall–Kier alpha value is -1.89. The van der Waals surface area contributed by atoms with Gasteiger partial charge in [-0.2, -0.15) is 0 Å². The second-order valence-corrected chi connectivity index (χ2v) is 7.77. The third-order valence-corrected chi connectivity index (χ3v) is 6.25. The maximum absolute atomic E-state index is 11.2. The van der Waals surface area contributed by atoms with E-state index in [-0.39, 0.29) is 0 Å². The van der Waals surface area contributed by atoms with E-state index < -0.39 is 0 Å². The average Bonchev–Trinajstić information content (AvgIpc) is 3.03. The van der Waals surface area contributed by atoms with Gasteiger partial charge in [-0.25, -0.2) is 0 Å². The number of aryl methyl sites for hydroxylation is 2. The number of hydrogen-bond donors (Lipinski definition) is 0. The highest BCUT2D eigenvalue weighted by molar-refractivity contribution is 5.75. The number of aldehydes is 1. The van der Waals surface area contributed by atoms with Crippen LogP contribution in [0.15, 0.2) is 42.5 Å². The summed E-state index contributed by atoms with van der Waals surface area (Å²) in [5.74, 6) is 2.22. The molecule has 2 aliphatic rings. The Morgan fingerprint density at radius 3 is 2.83 bits per heavy atom. The molecule has 0 bridgehead atoms. The molecule has 1 heteroatoms. The van der Waals surface area contributed by atoms with Gasteiger partial charge in [-0.05, 0) is 79.5 Å². The molecular weight excluding hydrogens is 292 g/mol. The van der Waals surface area contributed by atoms with Gasteiger partial charge in [0.15, 0.2) is 0 Å². The minimum Gasteiger partial charge on any atom is -0.298 e. The standard InChI is InChI=1S/C23H26O/c1-16-4-2-5-17(12-16)13-20-11-10-19-9-8-18(15-24)14-23(19)22-7-3-6-21(20)22/h2,4-5,8-9,12,14-15,20-22H,3,6-7,10-11,13H2,1H3. The van der Waals surface area contributed by atoms with Crippen LogP contribution in [0.1, 0.15) is 64.2 Å². The van der Waals surface area contributed by atoms with E-state index in [9.17, 15) is 4.79 Å². The van der Waals surface area contributed by atoms with Gasteiger partial charge in [-0.1, -0.05) is 48.4 Å². The molecule has 2 aliphatic carbocycles. The molecule has 4 rings (SSSR count). The van der Waals surface area contributed by atoms with E-state index >= 15 is 0 Å².